The minimum atomic E-state index is -0.422. The Hall–Kier alpha value is -4.23. The fourth-order valence-corrected chi connectivity index (χ4v) is 5.64. The van der Waals surface area contributed by atoms with Gasteiger partial charge in [-0.1, -0.05) is 60.2 Å². The van der Waals surface area contributed by atoms with Crippen molar-refractivity contribution in [3.8, 4) is 5.69 Å². The van der Waals surface area contributed by atoms with Crippen molar-refractivity contribution in [1.29, 1.82) is 5.41 Å². The molecule has 2 aliphatic rings. The molecule has 4 aromatic rings. The van der Waals surface area contributed by atoms with Gasteiger partial charge in [0.25, 0.3) is 5.91 Å². The topological polar surface area (TPSA) is 73.8 Å². The number of fused-ring (bicyclic) bond motifs is 2. The summed E-state index contributed by atoms with van der Waals surface area (Å²) in [6.07, 6.45) is 1.76. The Morgan fingerprint density at radius 3 is 2.56 bits per heavy atom. The molecule has 1 amide bonds. The highest BCUT2D eigenvalue weighted by atomic mass is 32.2. The highest BCUT2D eigenvalue weighted by molar-refractivity contribution is 8.27. The number of carbonyl (C=O) groups excluding carboxylic acids is 1. The van der Waals surface area contributed by atoms with E-state index in [0.717, 1.165) is 44.2 Å². The minimum absolute atomic E-state index is 0.0371. The van der Waals surface area contributed by atoms with E-state index in [1.165, 1.54) is 22.2 Å². The fourth-order valence-electron chi connectivity index (χ4n) is 4.75. The first-order chi connectivity index (χ1) is 17.4. The molecule has 0 spiro atoms. The van der Waals surface area contributed by atoms with Crippen molar-refractivity contribution in [2.75, 3.05) is 0 Å². The van der Waals surface area contributed by atoms with E-state index >= 15 is 0 Å². The van der Waals surface area contributed by atoms with Crippen LogP contribution in [0.3, 0.4) is 0 Å². The van der Waals surface area contributed by atoms with Gasteiger partial charge in [0.2, 0.25) is 5.17 Å². The number of aryl methyl sites for hydroxylation is 2. The van der Waals surface area contributed by atoms with Crippen molar-refractivity contribution in [3.05, 3.63) is 106 Å². The van der Waals surface area contributed by atoms with Crippen LogP contribution in [0.2, 0.25) is 0 Å². The number of aromatic nitrogens is 1. The summed E-state index contributed by atoms with van der Waals surface area (Å²) in [5, 5.41) is 18.3. The number of nitrogens with one attached hydrogen (secondary N) is 1. The van der Waals surface area contributed by atoms with Crippen LogP contribution >= 0.6 is 11.8 Å². The van der Waals surface area contributed by atoms with E-state index in [2.05, 4.69) is 51.9 Å². The van der Waals surface area contributed by atoms with E-state index in [1.54, 1.807) is 6.08 Å². The molecule has 6 nitrogen and oxygen atoms in total. The van der Waals surface area contributed by atoms with Gasteiger partial charge in [-0.05, 0) is 67.8 Å². The predicted octanol–water partition coefficient (Wildman–Crippen LogP) is 6.22. The lowest BCUT2D eigenvalue weighted by atomic mass is 10.1. The summed E-state index contributed by atoms with van der Waals surface area (Å²) in [6, 6.07) is 24.6. The van der Waals surface area contributed by atoms with E-state index in [4.69, 9.17) is 5.41 Å². The molecule has 0 unspecified atom stereocenters. The van der Waals surface area contributed by atoms with Crippen molar-refractivity contribution < 1.29 is 4.79 Å². The van der Waals surface area contributed by atoms with E-state index in [-0.39, 0.29) is 11.4 Å². The Labute approximate surface area is 213 Å². The first-order valence-electron chi connectivity index (χ1n) is 11.6. The lowest BCUT2D eigenvalue weighted by Crippen LogP contribution is -2.35. The highest BCUT2D eigenvalue weighted by Gasteiger charge is 2.36. The molecular weight excluding hydrogens is 466 g/mol. The highest BCUT2D eigenvalue weighted by Crippen LogP contribution is 2.33. The number of rotatable bonds is 3. The van der Waals surface area contributed by atoms with Crippen molar-refractivity contribution in [1.82, 2.24) is 9.58 Å². The Kier molecular flexibility index (Phi) is 5.23. The lowest BCUT2D eigenvalue weighted by molar-refractivity contribution is -0.114. The summed E-state index contributed by atoms with van der Waals surface area (Å²) in [4.78, 5) is 17.3. The van der Waals surface area contributed by atoms with Gasteiger partial charge in [0.15, 0.2) is 5.84 Å². The number of amidine groups is 2. The maximum absolute atomic E-state index is 13.0. The van der Waals surface area contributed by atoms with E-state index in [0.29, 0.717) is 5.17 Å². The zero-order valence-electron chi connectivity index (χ0n) is 20.1. The lowest BCUT2D eigenvalue weighted by Gasteiger charge is -2.20. The summed E-state index contributed by atoms with van der Waals surface area (Å²) in [6.45, 7) is 6.11. The van der Waals surface area contributed by atoms with Crippen LogP contribution in [0.25, 0.3) is 22.5 Å². The Morgan fingerprint density at radius 2 is 1.72 bits per heavy atom. The predicted molar refractivity (Wildman–Crippen MR) is 148 cm³/mol. The number of hydrazone groups is 1. The zero-order chi connectivity index (χ0) is 25.0. The molecule has 0 atom stereocenters. The number of amides is 1. The van der Waals surface area contributed by atoms with Crippen LogP contribution in [0.5, 0.6) is 0 Å². The van der Waals surface area contributed by atoms with Crippen molar-refractivity contribution in [2.24, 2.45) is 10.1 Å². The molecule has 7 heteroatoms. The fraction of sp³-hybridized carbons (Fsp3) is 0.103. The van der Waals surface area contributed by atoms with Gasteiger partial charge in [0.05, 0.1) is 11.3 Å². The Morgan fingerprint density at radius 1 is 0.944 bits per heavy atom. The zero-order valence-corrected chi connectivity index (χ0v) is 20.9. The monoisotopic (exact) mass is 489 g/mol. The molecule has 0 bridgehead atoms. The standard InChI is InChI=1S/C29H23N5OS/c1-17-8-6-11-21(14-17)28-32-34-26(30)24(27(35)31-29(34)36-28)16-22-15-18(2)33(19(22)3)25-13-7-10-20-9-4-5-12-23(20)25/h4-16,30H,1-3H3/b24-16-,30-26?. The van der Waals surface area contributed by atoms with Crippen molar-refractivity contribution in [2.45, 2.75) is 20.8 Å². The largest absolute Gasteiger partial charge is 0.317 e. The molecule has 2 aliphatic heterocycles. The average molecular weight is 490 g/mol. The molecule has 36 heavy (non-hydrogen) atoms. The van der Waals surface area contributed by atoms with Crippen LogP contribution in [0, 0.1) is 26.2 Å². The molecule has 1 aromatic heterocycles. The summed E-state index contributed by atoms with van der Waals surface area (Å²) in [7, 11) is 0. The van der Waals surface area contributed by atoms with Crippen LogP contribution in [0.1, 0.15) is 28.1 Å². The first kappa shape index (κ1) is 22.2. The van der Waals surface area contributed by atoms with Gasteiger partial charge >= 0.3 is 0 Å². The molecule has 176 valence electrons. The van der Waals surface area contributed by atoms with Gasteiger partial charge in [0, 0.05) is 22.3 Å². The van der Waals surface area contributed by atoms with Gasteiger partial charge in [-0.15, -0.1) is 0 Å². The van der Waals surface area contributed by atoms with Gasteiger partial charge in [0.1, 0.15) is 5.04 Å². The maximum Gasteiger partial charge on any atom is 0.283 e. The Balaban J connectivity index is 1.40. The average Bonchev–Trinajstić information content (AvgIpc) is 3.42. The molecule has 0 saturated carbocycles. The molecule has 0 aliphatic carbocycles. The minimum Gasteiger partial charge on any atom is -0.317 e. The molecular formula is C29H23N5OS. The van der Waals surface area contributed by atoms with Crippen LogP contribution in [-0.2, 0) is 4.79 Å². The Bertz CT molecular complexity index is 1690. The van der Waals surface area contributed by atoms with Crippen LogP contribution in [0.15, 0.2) is 88.5 Å². The van der Waals surface area contributed by atoms with Crippen LogP contribution in [-0.4, -0.2) is 31.5 Å². The number of carbonyl (C=O) groups is 1. The first-order valence-corrected chi connectivity index (χ1v) is 12.5. The third-order valence-corrected chi connectivity index (χ3v) is 7.45. The van der Waals surface area contributed by atoms with Gasteiger partial charge in [-0.3, -0.25) is 10.2 Å². The number of hydrogen-bond donors (Lipinski definition) is 1. The van der Waals surface area contributed by atoms with Crippen molar-refractivity contribution >= 4 is 50.6 Å². The summed E-state index contributed by atoms with van der Waals surface area (Å²) >= 11 is 1.31. The summed E-state index contributed by atoms with van der Waals surface area (Å²) in [5.74, 6) is -0.385. The maximum atomic E-state index is 13.0. The summed E-state index contributed by atoms with van der Waals surface area (Å²) in [5.41, 5.74) is 6.30. The second-order valence-electron chi connectivity index (χ2n) is 8.95. The smallest absolute Gasteiger partial charge is 0.283 e. The second-order valence-corrected chi connectivity index (χ2v) is 9.91. The number of aliphatic imine (C=N–C) groups is 1. The normalized spacial score (nSPS) is 16.5. The van der Waals surface area contributed by atoms with Gasteiger partial charge < -0.3 is 4.57 Å². The molecule has 1 N–H and O–H groups in total. The third kappa shape index (κ3) is 3.60. The molecule has 0 radical (unpaired) electrons. The summed E-state index contributed by atoms with van der Waals surface area (Å²) < 4.78 is 2.19. The van der Waals surface area contributed by atoms with E-state index < -0.39 is 5.91 Å². The number of nitrogens with zero attached hydrogens (tertiary/aromatic N) is 4. The molecule has 3 aromatic carbocycles. The molecule has 6 rings (SSSR count). The third-order valence-electron chi connectivity index (χ3n) is 6.50. The quantitative estimate of drug-likeness (QED) is 0.347. The van der Waals surface area contributed by atoms with E-state index in [9.17, 15) is 4.79 Å². The van der Waals surface area contributed by atoms with Gasteiger partial charge in [-0.2, -0.15) is 15.1 Å². The molecule has 0 saturated heterocycles. The van der Waals surface area contributed by atoms with Crippen LogP contribution in [0.4, 0.5) is 0 Å². The number of thioether (sulfide) groups is 1. The SMILES string of the molecule is Cc1cccc(C2=NN3C(=N)/C(=C/c4cc(C)n(-c5cccc6ccccc56)c4C)C(=O)N=C3S2)c1. The number of benzene rings is 3. The second kappa shape index (κ2) is 8.46. The molecule has 3 heterocycles. The van der Waals surface area contributed by atoms with E-state index in [1.807, 2.05) is 56.3 Å². The molecule has 0 fully saturated rings. The van der Waals surface area contributed by atoms with Crippen molar-refractivity contribution in [3.63, 3.8) is 0 Å². The van der Waals surface area contributed by atoms with Gasteiger partial charge in [-0.25, -0.2) is 0 Å². The number of hydrogen-bond acceptors (Lipinski definition) is 4. The van der Waals surface area contributed by atoms with Crippen LogP contribution < -0.4 is 0 Å².